The topological polar surface area (TPSA) is 17.8 Å². The molecule has 80 valence electrons. The monoisotopic (exact) mass is 258 g/mol. The van der Waals surface area contributed by atoms with Crippen LogP contribution in [-0.2, 0) is 13.0 Å². The molecule has 0 bridgehead atoms. The summed E-state index contributed by atoms with van der Waals surface area (Å²) in [6.07, 6.45) is 3.61. The van der Waals surface area contributed by atoms with Crippen molar-refractivity contribution in [3.63, 3.8) is 0 Å². The Morgan fingerprint density at radius 3 is 2.86 bits per heavy atom. The summed E-state index contributed by atoms with van der Waals surface area (Å²) in [4.78, 5) is 0.626. The summed E-state index contributed by atoms with van der Waals surface area (Å²) in [7, 11) is 0. The van der Waals surface area contributed by atoms with E-state index in [1.165, 1.54) is 18.5 Å². The Hall–Kier alpha value is -0.310. The summed E-state index contributed by atoms with van der Waals surface area (Å²) in [5.41, 5.74) is 2.51. The van der Waals surface area contributed by atoms with Crippen molar-refractivity contribution in [1.29, 1.82) is 0 Å². The van der Waals surface area contributed by atoms with Crippen molar-refractivity contribution in [1.82, 2.24) is 9.78 Å². The highest BCUT2D eigenvalue weighted by atomic mass is 79.9. The molecule has 1 atom stereocenters. The molecular weight excluding hydrogens is 240 g/mol. The van der Waals surface area contributed by atoms with Crippen LogP contribution in [-0.4, -0.2) is 14.6 Å². The summed E-state index contributed by atoms with van der Waals surface area (Å²) in [5, 5.41) is 4.43. The third-order valence-electron chi connectivity index (χ3n) is 2.32. The number of nitrogens with zero attached hydrogens (tertiary/aromatic N) is 2. The first kappa shape index (κ1) is 11.8. The van der Waals surface area contributed by atoms with Crippen LogP contribution in [0.5, 0.6) is 0 Å². The molecule has 1 aromatic rings. The maximum atomic E-state index is 4.43. The zero-order valence-electron chi connectivity index (χ0n) is 9.26. The van der Waals surface area contributed by atoms with Crippen LogP contribution in [0.25, 0.3) is 0 Å². The van der Waals surface area contributed by atoms with Gasteiger partial charge in [-0.15, -0.1) is 0 Å². The van der Waals surface area contributed by atoms with Gasteiger partial charge in [-0.1, -0.05) is 22.9 Å². The van der Waals surface area contributed by atoms with E-state index in [1.807, 2.05) is 0 Å². The summed E-state index contributed by atoms with van der Waals surface area (Å²) >= 11 is 3.57. The van der Waals surface area contributed by atoms with Crippen LogP contribution in [0.2, 0.25) is 0 Å². The lowest BCUT2D eigenvalue weighted by Crippen LogP contribution is -2.03. The van der Waals surface area contributed by atoms with Gasteiger partial charge in [-0.25, -0.2) is 0 Å². The van der Waals surface area contributed by atoms with Crippen LogP contribution < -0.4 is 0 Å². The zero-order chi connectivity index (χ0) is 10.6. The van der Waals surface area contributed by atoms with Crippen molar-refractivity contribution >= 4 is 15.9 Å². The molecule has 0 aliphatic carbocycles. The fraction of sp³-hybridized carbons (Fsp3) is 0.727. The number of aryl methyl sites for hydroxylation is 3. The molecule has 1 aromatic heterocycles. The lowest BCUT2D eigenvalue weighted by atomic mass is 10.1. The number of alkyl halides is 1. The fourth-order valence-corrected chi connectivity index (χ4v) is 1.96. The Morgan fingerprint density at radius 2 is 2.29 bits per heavy atom. The van der Waals surface area contributed by atoms with E-state index in [-0.39, 0.29) is 0 Å². The minimum Gasteiger partial charge on any atom is -0.270 e. The van der Waals surface area contributed by atoms with Gasteiger partial charge in [-0.05, 0) is 39.2 Å². The van der Waals surface area contributed by atoms with Crippen LogP contribution in [0.1, 0.15) is 38.1 Å². The minimum absolute atomic E-state index is 0.626. The van der Waals surface area contributed by atoms with Crippen LogP contribution in [0.3, 0.4) is 0 Å². The molecule has 0 radical (unpaired) electrons. The lowest BCUT2D eigenvalue weighted by molar-refractivity contribution is 0.598. The summed E-state index contributed by atoms with van der Waals surface area (Å²) in [6.45, 7) is 7.38. The molecule has 0 aliphatic heterocycles. The first-order valence-electron chi connectivity index (χ1n) is 5.31. The number of hydrogen-bond acceptors (Lipinski definition) is 1. The fourth-order valence-electron chi connectivity index (χ4n) is 1.64. The van der Waals surface area contributed by atoms with Gasteiger partial charge in [0.25, 0.3) is 0 Å². The number of rotatable bonds is 5. The van der Waals surface area contributed by atoms with Gasteiger partial charge in [-0.2, -0.15) is 5.10 Å². The highest BCUT2D eigenvalue weighted by molar-refractivity contribution is 9.09. The minimum atomic E-state index is 0.626. The first-order chi connectivity index (χ1) is 6.63. The third kappa shape index (κ3) is 3.45. The molecule has 3 heteroatoms. The summed E-state index contributed by atoms with van der Waals surface area (Å²) in [5.74, 6) is 0. The van der Waals surface area contributed by atoms with Crippen LogP contribution >= 0.6 is 15.9 Å². The smallest absolute Gasteiger partial charge is 0.0596 e. The van der Waals surface area contributed by atoms with Crippen LogP contribution in [0.15, 0.2) is 6.07 Å². The molecular formula is C11H19BrN2. The molecule has 0 spiro atoms. The van der Waals surface area contributed by atoms with E-state index < -0.39 is 0 Å². The van der Waals surface area contributed by atoms with Crippen LogP contribution in [0.4, 0.5) is 0 Å². The van der Waals surface area contributed by atoms with E-state index in [2.05, 4.69) is 52.5 Å². The van der Waals surface area contributed by atoms with E-state index in [0.717, 1.165) is 18.7 Å². The second-order valence-corrected chi connectivity index (χ2v) is 5.33. The predicted molar refractivity (Wildman–Crippen MR) is 64.0 cm³/mol. The molecule has 0 saturated carbocycles. The zero-order valence-corrected chi connectivity index (χ0v) is 10.8. The molecule has 0 aromatic carbocycles. The number of aromatic nitrogens is 2. The molecule has 2 nitrogen and oxygen atoms in total. The molecule has 1 unspecified atom stereocenters. The average Bonchev–Trinajstić information content (AvgIpc) is 2.45. The second-order valence-electron chi connectivity index (χ2n) is 3.77. The van der Waals surface area contributed by atoms with Crippen molar-refractivity contribution in [2.24, 2.45) is 0 Å². The molecule has 1 rings (SSSR count). The average molecular weight is 259 g/mol. The van der Waals surface area contributed by atoms with Gasteiger partial charge in [-0.3, -0.25) is 4.68 Å². The quantitative estimate of drug-likeness (QED) is 0.742. The normalized spacial score (nSPS) is 13.1. The molecule has 0 aliphatic rings. The molecule has 1 heterocycles. The lowest BCUT2D eigenvalue weighted by Gasteiger charge is -2.05. The van der Waals surface area contributed by atoms with Crippen molar-refractivity contribution in [2.45, 2.75) is 51.4 Å². The third-order valence-corrected chi connectivity index (χ3v) is 2.78. The molecule has 0 amide bonds. The van der Waals surface area contributed by atoms with E-state index in [4.69, 9.17) is 0 Å². The first-order valence-corrected chi connectivity index (χ1v) is 6.22. The second kappa shape index (κ2) is 5.54. The Balaban J connectivity index is 2.48. The van der Waals surface area contributed by atoms with Gasteiger partial charge in [0.05, 0.1) is 5.69 Å². The van der Waals surface area contributed by atoms with Crippen molar-refractivity contribution in [2.75, 3.05) is 0 Å². The summed E-state index contributed by atoms with van der Waals surface area (Å²) < 4.78 is 2.11. The summed E-state index contributed by atoms with van der Waals surface area (Å²) in [6, 6.07) is 2.20. The van der Waals surface area contributed by atoms with Gasteiger partial charge in [0.15, 0.2) is 0 Å². The van der Waals surface area contributed by atoms with Crippen molar-refractivity contribution in [3.05, 3.63) is 17.5 Å². The number of halogens is 1. The van der Waals surface area contributed by atoms with Gasteiger partial charge >= 0.3 is 0 Å². The van der Waals surface area contributed by atoms with E-state index in [0.29, 0.717) is 4.83 Å². The highest BCUT2D eigenvalue weighted by Gasteiger charge is 2.04. The Kier molecular flexibility index (Phi) is 4.66. The molecule has 14 heavy (non-hydrogen) atoms. The standard InChI is InChI=1S/C11H19BrN2/c1-4-14-11(8-10(3)13-14)7-5-6-9(2)12/h8-9H,4-7H2,1-3H3. The van der Waals surface area contributed by atoms with Gasteiger partial charge in [0.1, 0.15) is 0 Å². The Bertz CT molecular complexity index is 279. The maximum absolute atomic E-state index is 4.43. The molecule has 0 saturated heterocycles. The van der Waals surface area contributed by atoms with E-state index >= 15 is 0 Å². The number of hydrogen-bond donors (Lipinski definition) is 0. The van der Waals surface area contributed by atoms with Crippen molar-refractivity contribution in [3.8, 4) is 0 Å². The SMILES string of the molecule is CCn1nc(C)cc1CCCC(C)Br. The molecule has 0 N–H and O–H groups in total. The van der Waals surface area contributed by atoms with Gasteiger partial charge in [0.2, 0.25) is 0 Å². The van der Waals surface area contributed by atoms with Crippen molar-refractivity contribution < 1.29 is 0 Å². The van der Waals surface area contributed by atoms with Gasteiger partial charge < -0.3 is 0 Å². The van der Waals surface area contributed by atoms with E-state index in [1.54, 1.807) is 0 Å². The Morgan fingerprint density at radius 1 is 1.57 bits per heavy atom. The highest BCUT2D eigenvalue weighted by Crippen LogP contribution is 2.12. The predicted octanol–water partition coefficient (Wildman–Crippen LogP) is 3.32. The van der Waals surface area contributed by atoms with Crippen LogP contribution in [0, 0.1) is 6.92 Å². The maximum Gasteiger partial charge on any atom is 0.0596 e. The van der Waals surface area contributed by atoms with Gasteiger partial charge in [0, 0.05) is 17.1 Å². The van der Waals surface area contributed by atoms with E-state index in [9.17, 15) is 0 Å². The largest absolute Gasteiger partial charge is 0.270 e. The Labute approximate surface area is 94.8 Å². The molecule has 0 fully saturated rings.